The molecule has 2 aromatic carbocycles. The number of Topliss-reactive ketones (excluding diaryl/α,β-unsaturated/α-hetero) is 1. The van der Waals surface area contributed by atoms with Crippen molar-refractivity contribution in [1.82, 2.24) is 10.5 Å². The number of aromatic nitrogens is 1. The number of nitrogens with one attached hydrogen (secondary N) is 1. The second-order valence-electron chi connectivity index (χ2n) is 6.33. The molecule has 0 radical (unpaired) electrons. The molecular formula is C21H18FN3O5. The molecule has 1 aromatic heterocycles. The number of benzene rings is 2. The quantitative estimate of drug-likeness (QED) is 0.546. The van der Waals surface area contributed by atoms with Crippen LogP contribution in [0.1, 0.15) is 15.9 Å². The van der Waals surface area contributed by atoms with Crippen molar-refractivity contribution in [3.63, 3.8) is 0 Å². The first-order valence-corrected chi connectivity index (χ1v) is 8.88. The summed E-state index contributed by atoms with van der Waals surface area (Å²) in [6.45, 7) is 0. The van der Waals surface area contributed by atoms with E-state index in [1.54, 1.807) is 30.3 Å². The first-order valence-electron chi connectivity index (χ1n) is 8.88. The zero-order valence-electron chi connectivity index (χ0n) is 15.9. The lowest BCUT2D eigenvalue weighted by Gasteiger charge is -2.16. The molecule has 3 aromatic rings. The Bertz CT molecular complexity index is 1080. The number of rotatable bonds is 8. The minimum absolute atomic E-state index is 0.0406. The Labute approximate surface area is 170 Å². The Hall–Kier alpha value is -4.01. The van der Waals surface area contributed by atoms with Crippen LogP contribution in [0, 0.1) is 5.82 Å². The van der Waals surface area contributed by atoms with E-state index in [1.165, 1.54) is 25.3 Å². The van der Waals surface area contributed by atoms with Crippen LogP contribution >= 0.6 is 0 Å². The van der Waals surface area contributed by atoms with E-state index in [4.69, 9.17) is 15.0 Å². The van der Waals surface area contributed by atoms with Crippen LogP contribution in [0.3, 0.4) is 0 Å². The number of ketones is 1. The molecule has 3 N–H and O–H groups in total. The molecule has 0 saturated carbocycles. The molecule has 0 bridgehead atoms. The van der Waals surface area contributed by atoms with Crippen molar-refractivity contribution in [3.05, 3.63) is 71.7 Å². The Kier molecular flexibility index (Phi) is 6.21. The monoisotopic (exact) mass is 411 g/mol. The summed E-state index contributed by atoms with van der Waals surface area (Å²) in [6, 6.07) is 11.9. The van der Waals surface area contributed by atoms with Crippen molar-refractivity contribution in [2.45, 2.75) is 12.5 Å². The number of ether oxygens (including phenoxy) is 1. The summed E-state index contributed by atoms with van der Waals surface area (Å²) in [7, 11) is 1.31. The number of nitrogens with zero attached hydrogens (tertiary/aromatic N) is 1. The van der Waals surface area contributed by atoms with Crippen molar-refractivity contribution in [3.8, 4) is 17.1 Å². The van der Waals surface area contributed by atoms with Crippen molar-refractivity contribution >= 4 is 17.6 Å². The van der Waals surface area contributed by atoms with E-state index < -0.39 is 29.5 Å². The lowest BCUT2D eigenvalue weighted by Crippen LogP contribution is -2.47. The molecule has 0 aliphatic rings. The summed E-state index contributed by atoms with van der Waals surface area (Å²) < 4.78 is 24.6. The number of primary amides is 1. The molecule has 0 saturated heterocycles. The number of hydrogen-bond acceptors (Lipinski definition) is 6. The minimum atomic E-state index is -1.21. The number of carbonyl (C=O) groups excluding carboxylic acids is 3. The van der Waals surface area contributed by atoms with Gasteiger partial charge in [0.2, 0.25) is 5.78 Å². The van der Waals surface area contributed by atoms with Gasteiger partial charge in [-0.25, -0.2) is 4.39 Å². The van der Waals surface area contributed by atoms with E-state index in [0.717, 1.165) is 6.20 Å². The number of nitrogens with two attached hydrogens (primary N) is 1. The number of carbonyl (C=O) groups is 3. The predicted octanol–water partition coefficient (Wildman–Crippen LogP) is 1.88. The number of amides is 2. The van der Waals surface area contributed by atoms with E-state index in [9.17, 15) is 18.8 Å². The van der Waals surface area contributed by atoms with Gasteiger partial charge in [0, 0.05) is 6.42 Å². The number of hydrogen-bond donors (Lipinski definition) is 2. The highest BCUT2D eigenvalue weighted by molar-refractivity contribution is 6.38. The van der Waals surface area contributed by atoms with Crippen LogP contribution in [0.15, 0.2) is 59.3 Å². The third-order valence-corrected chi connectivity index (χ3v) is 4.39. The fourth-order valence-corrected chi connectivity index (χ4v) is 2.91. The van der Waals surface area contributed by atoms with Crippen molar-refractivity contribution in [2.24, 2.45) is 5.73 Å². The normalized spacial score (nSPS) is 11.5. The van der Waals surface area contributed by atoms with E-state index in [2.05, 4.69) is 10.5 Å². The van der Waals surface area contributed by atoms with Gasteiger partial charge >= 0.3 is 0 Å². The van der Waals surface area contributed by atoms with Crippen molar-refractivity contribution in [1.29, 1.82) is 0 Å². The average molecular weight is 411 g/mol. The van der Waals surface area contributed by atoms with Gasteiger partial charge in [-0.15, -0.1) is 0 Å². The molecule has 9 heteroatoms. The highest BCUT2D eigenvalue weighted by Crippen LogP contribution is 2.31. The van der Waals surface area contributed by atoms with Crippen LogP contribution in [-0.2, 0) is 16.0 Å². The molecule has 2 amide bonds. The Morgan fingerprint density at radius 2 is 1.90 bits per heavy atom. The molecule has 3 rings (SSSR count). The topological polar surface area (TPSA) is 125 Å². The van der Waals surface area contributed by atoms with Crippen LogP contribution < -0.4 is 15.8 Å². The zero-order valence-corrected chi connectivity index (χ0v) is 15.9. The summed E-state index contributed by atoms with van der Waals surface area (Å²) in [4.78, 5) is 36.5. The van der Waals surface area contributed by atoms with Gasteiger partial charge in [-0.05, 0) is 17.7 Å². The van der Waals surface area contributed by atoms with Crippen molar-refractivity contribution in [2.75, 3.05) is 7.11 Å². The van der Waals surface area contributed by atoms with Gasteiger partial charge in [0.1, 0.15) is 11.6 Å². The zero-order chi connectivity index (χ0) is 21.7. The SMILES string of the molecule is COc1cccc(-c2oncc2C(=O)NC(Cc2ccccc2)C(=O)C(N)=O)c1F. The Morgan fingerprint density at radius 3 is 2.57 bits per heavy atom. The molecule has 0 aliphatic carbocycles. The smallest absolute Gasteiger partial charge is 0.287 e. The third-order valence-electron chi connectivity index (χ3n) is 4.39. The summed E-state index contributed by atoms with van der Waals surface area (Å²) in [5.41, 5.74) is 5.68. The lowest BCUT2D eigenvalue weighted by atomic mass is 10.0. The van der Waals surface area contributed by atoms with E-state index in [1.807, 2.05) is 0 Å². The molecule has 0 fully saturated rings. The predicted molar refractivity (Wildman–Crippen MR) is 104 cm³/mol. The average Bonchev–Trinajstić information content (AvgIpc) is 3.23. The second-order valence-corrected chi connectivity index (χ2v) is 6.33. The molecule has 1 atom stereocenters. The minimum Gasteiger partial charge on any atom is -0.494 e. The van der Waals surface area contributed by atoms with E-state index >= 15 is 0 Å². The van der Waals surface area contributed by atoms with Crippen LogP contribution in [-0.4, -0.2) is 35.9 Å². The van der Waals surface area contributed by atoms with Crippen molar-refractivity contribution < 1.29 is 28.0 Å². The molecule has 1 heterocycles. The highest BCUT2D eigenvalue weighted by Gasteiger charge is 2.29. The Balaban J connectivity index is 1.90. The van der Waals surface area contributed by atoms with Crippen LogP contribution in [0.5, 0.6) is 5.75 Å². The molecule has 8 nitrogen and oxygen atoms in total. The third kappa shape index (κ3) is 4.35. The molecule has 0 aliphatic heterocycles. The maximum atomic E-state index is 14.6. The van der Waals surface area contributed by atoms with Crippen LogP contribution in [0.4, 0.5) is 4.39 Å². The lowest BCUT2D eigenvalue weighted by molar-refractivity contribution is -0.137. The largest absolute Gasteiger partial charge is 0.494 e. The van der Waals surface area contributed by atoms with Gasteiger partial charge in [-0.2, -0.15) is 0 Å². The molecule has 0 spiro atoms. The maximum Gasteiger partial charge on any atom is 0.287 e. The van der Waals surface area contributed by atoms with Gasteiger partial charge in [0.25, 0.3) is 11.8 Å². The summed E-state index contributed by atoms with van der Waals surface area (Å²) in [5, 5.41) is 6.03. The summed E-state index contributed by atoms with van der Waals surface area (Å²) in [6.07, 6.45) is 1.14. The standard InChI is InChI=1S/C21H18FN3O5/c1-29-16-9-5-8-13(17(16)22)19-14(11-24-30-19)21(28)25-15(18(26)20(23)27)10-12-6-3-2-4-7-12/h2-9,11,15H,10H2,1H3,(H2,23,27)(H,25,28). The van der Waals surface area contributed by atoms with E-state index in [0.29, 0.717) is 5.56 Å². The molecular weight excluding hydrogens is 393 g/mol. The summed E-state index contributed by atoms with van der Waals surface area (Å²) >= 11 is 0. The van der Waals surface area contributed by atoms with Gasteiger partial charge < -0.3 is 20.3 Å². The van der Waals surface area contributed by atoms with E-state index in [-0.39, 0.29) is 29.1 Å². The van der Waals surface area contributed by atoms with Gasteiger partial charge in [-0.3, -0.25) is 14.4 Å². The van der Waals surface area contributed by atoms with Crippen LogP contribution in [0.25, 0.3) is 11.3 Å². The molecule has 154 valence electrons. The fourth-order valence-electron chi connectivity index (χ4n) is 2.91. The first kappa shape index (κ1) is 20.7. The number of methoxy groups -OCH3 is 1. The summed E-state index contributed by atoms with van der Waals surface area (Å²) in [5.74, 6) is -3.84. The fraction of sp³-hybridized carbons (Fsp3) is 0.143. The Morgan fingerprint density at radius 1 is 1.17 bits per heavy atom. The first-order chi connectivity index (χ1) is 14.4. The van der Waals surface area contributed by atoms with Gasteiger partial charge in [0.15, 0.2) is 17.3 Å². The van der Waals surface area contributed by atoms with Gasteiger partial charge in [0.05, 0.1) is 18.9 Å². The number of halogens is 1. The van der Waals surface area contributed by atoms with Crippen LogP contribution in [0.2, 0.25) is 0 Å². The van der Waals surface area contributed by atoms with Gasteiger partial charge in [-0.1, -0.05) is 41.6 Å². The molecule has 1 unspecified atom stereocenters. The highest BCUT2D eigenvalue weighted by atomic mass is 19.1. The second kappa shape index (κ2) is 8.99. The maximum absolute atomic E-state index is 14.6. The molecule has 30 heavy (non-hydrogen) atoms.